The van der Waals surface area contributed by atoms with E-state index in [1.165, 1.54) is 5.06 Å². The van der Waals surface area contributed by atoms with Crippen LogP contribution in [-0.4, -0.2) is 36.8 Å². The predicted octanol–water partition coefficient (Wildman–Crippen LogP) is 1.77. The topological polar surface area (TPSA) is 93.9 Å². The first-order valence-corrected chi connectivity index (χ1v) is 9.36. The Kier molecular flexibility index (Phi) is 6.62. The second-order valence-corrected chi connectivity index (χ2v) is 6.56. The molecule has 7 heteroatoms. The van der Waals surface area contributed by atoms with Crippen molar-refractivity contribution in [2.75, 3.05) is 11.7 Å². The van der Waals surface area contributed by atoms with E-state index in [0.29, 0.717) is 6.42 Å². The number of esters is 1. The number of nitrogens with one attached hydrogen (secondary N) is 1. The van der Waals surface area contributed by atoms with E-state index in [4.69, 9.17) is 15.3 Å². The monoisotopic (exact) mass is 383 g/mol. The third-order valence-corrected chi connectivity index (χ3v) is 4.47. The quantitative estimate of drug-likeness (QED) is 0.708. The molecule has 1 fully saturated rings. The minimum atomic E-state index is -0.782. The van der Waals surface area contributed by atoms with E-state index >= 15 is 0 Å². The van der Waals surface area contributed by atoms with Crippen LogP contribution < -0.4 is 16.1 Å². The number of para-hydroxylation sites is 1. The number of hydroxylamine groups is 1. The molecule has 1 saturated heterocycles. The second-order valence-electron chi connectivity index (χ2n) is 6.56. The molecule has 28 heavy (non-hydrogen) atoms. The zero-order valence-electron chi connectivity index (χ0n) is 15.8. The lowest BCUT2D eigenvalue weighted by Gasteiger charge is -2.26. The van der Waals surface area contributed by atoms with Crippen LogP contribution in [0.2, 0.25) is 0 Å². The van der Waals surface area contributed by atoms with Crippen molar-refractivity contribution >= 4 is 17.6 Å². The Labute approximate surface area is 164 Å². The molecule has 1 amide bonds. The van der Waals surface area contributed by atoms with Gasteiger partial charge in [0.25, 0.3) is 0 Å². The standard InChI is InChI=1S/C21H25N3O4/c1-2-27-21(26)18-14-19(24(28-18)16-11-7-4-8-12-16)23-20(25)17(22)13-15-9-5-3-6-10-15/h3-12,17-19H,2,13-14,22H2,1H3,(H,23,25)/t17-,18+,19-/m0/s1. The number of benzene rings is 2. The van der Waals surface area contributed by atoms with Gasteiger partial charge in [0, 0.05) is 6.42 Å². The minimum Gasteiger partial charge on any atom is -0.464 e. The number of hydrogen-bond donors (Lipinski definition) is 2. The van der Waals surface area contributed by atoms with Gasteiger partial charge in [0.2, 0.25) is 5.91 Å². The summed E-state index contributed by atoms with van der Waals surface area (Å²) in [7, 11) is 0. The Balaban J connectivity index is 1.69. The van der Waals surface area contributed by atoms with E-state index in [-0.39, 0.29) is 18.9 Å². The van der Waals surface area contributed by atoms with E-state index in [9.17, 15) is 9.59 Å². The van der Waals surface area contributed by atoms with E-state index in [1.807, 2.05) is 60.7 Å². The molecule has 1 aliphatic rings. The van der Waals surface area contributed by atoms with E-state index in [0.717, 1.165) is 11.3 Å². The molecular formula is C21H25N3O4. The fourth-order valence-corrected chi connectivity index (χ4v) is 3.09. The largest absolute Gasteiger partial charge is 0.464 e. The summed E-state index contributed by atoms with van der Waals surface area (Å²) >= 11 is 0. The van der Waals surface area contributed by atoms with E-state index in [2.05, 4.69) is 5.32 Å². The number of rotatable bonds is 7. The van der Waals surface area contributed by atoms with Crippen LogP contribution in [0.3, 0.4) is 0 Å². The Hall–Kier alpha value is -2.90. The summed E-state index contributed by atoms with van der Waals surface area (Å²) in [5, 5.41) is 4.44. The lowest BCUT2D eigenvalue weighted by molar-refractivity contribution is -0.154. The molecule has 0 radical (unpaired) electrons. The zero-order chi connectivity index (χ0) is 19.9. The molecule has 0 aromatic heterocycles. The highest BCUT2D eigenvalue weighted by atomic mass is 16.7. The van der Waals surface area contributed by atoms with Crippen LogP contribution in [0.4, 0.5) is 5.69 Å². The maximum atomic E-state index is 12.6. The highest BCUT2D eigenvalue weighted by Crippen LogP contribution is 2.27. The van der Waals surface area contributed by atoms with E-state index < -0.39 is 24.3 Å². The lowest BCUT2D eigenvalue weighted by Crippen LogP contribution is -2.50. The normalized spacial score (nSPS) is 19.9. The number of amides is 1. The third-order valence-electron chi connectivity index (χ3n) is 4.47. The molecule has 3 N–H and O–H groups in total. The van der Waals surface area contributed by atoms with Crippen molar-refractivity contribution in [3.8, 4) is 0 Å². The second kappa shape index (κ2) is 9.34. The Morgan fingerprint density at radius 2 is 1.82 bits per heavy atom. The molecule has 2 aromatic carbocycles. The molecule has 1 heterocycles. The maximum Gasteiger partial charge on any atom is 0.338 e. The molecule has 1 aliphatic heterocycles. The highest BCUT2D eigenvalue weighted by molar-refractivity contribution is 5.83. The Morgan fingerprint density at radius 3 is 2.46 bits per heavy atom. The van der Waals surface area contributed by atoms with Crippen molar-refractivity contribution in [2.45, 2.75) is 38.1 Å². The van der Waals surface area contributed by atoms with Crippen LogP contribution in [0.25, 0.3) is 0 Å². The van der Waals surface area contributed by atoms with Gasteiger partial charge in [-0.25, -0.2) is 9.86 Å². The fourth-order valence-electron chi connectivity index (χ4n) is 3.09. The van der Waals surface area contributed by atoms with Crippen LogP contribution in [0.15, 0.2) is 60.7 Å². The van der Waals surface area contributed by atoms with Crippen LogP contribution >= 0.6 is 0 Å². The van der Waals surface area contributed by atoms with Crippen molar-refractivity contribution in [3.63, 3.8) is 0 Å². The van der Waals surface area contributed by atoms with Gasteiger partial charge in [-0.2, -0.15) is 0 Å². The third kappa shape index (κ3) is 4.88. The molecule has 0 unspecified atom stereocenters. The molecule has 3 atom stereocenters. The van der Waals surface area contributed by atoms with Crippen molar-refractivity contribution in [1.82, 2.24) is 5.32 Å². The smallest absolute Gasteiger partial charge is 0.338 e. The van der Waals surface area contributed by atoms with Gasteiger partial charge in [0.1, 0.15) is 6.17 Å². The summed E-state index contributed by atoms with van der Waals surface area (Å²) in [4.78, 5) is 30.5. The molecule has 0 bridgehead atoms. The predicted molar refractivity (Wildman–Crippen MR) is 105 cm³/mol. The van der Waals surface area contributed by atoms with Crippen LogP contribution in [0.1, 0.15) is 18.9 Å². The summed E-state index contributed by atoms with van der Waals surface area (Å²) in [5.41, 5.74) is 7.81. The van der Waals surface area contributed by atoms with Gasteiger partial charge in [-0.05, 0) is 31.0 Å². The first kappa shape index (κ1) is 19.9. The molecule has 0 saturated carbocycles. The number of ether oxygens (including phenoxy) is 1. The van der Waals surface area contributed by atoms with Crippen molar-refractivity contribution in [3.05, 3.63) is 66.2 Å². The minimum absolute atomic E-state index is 0.267. The van der Waals surface area contributed by atoms with Gasteiger partial charge in [-0.15, -0.1) is 0 Å². The summed E-state index contributed by atoms with van der Waals surface area (Å²) in [6.07, 6.45) is -0.605. The molecular weight excluding hydrogens is 358 g/mol. The molecule has 0 aliphatic carbocycles. The van der Waals surface area contributed by atoms with Gasteiger partial charge >= 0.3 is 5.97 Å². The number of nitrogens with two attached hydrogens (primary N) is 1. The number of nitrogens with zero attached hydrogens (tertiary/aromatic N) is 1. The SMILES string of the molecule is CCOC(=O)[C@H]1C[C@@H](NC(=O)[C@@H](N)Cc2ccccc2)N(c2ccccc2)O1. The van der Waals surface area contributed by atoms with Crippen LogP contribution in [0.5, 0.6) is 0 Å². The van der Waals surface area contributed by atoms with Gasteiger partial charge < -0.3 is 15.8 Å². The summed E-state index contributed by atoms with van der Waals surface area (Å²) < 4.78 is 5.06. The highest BCUT2D eigenvalue weighted by Gasteiger charge is 2.40. The molecule has 3 rings (SSSR count). The van der Waals surface area contributed by atoms with E-state index in [1.54, 1.807) is 6.92 Å². The number of carbonyl (C=O) groups is 2. The van der Waals surface area contributed by atoms with Gasteiger partial charge in [0.15, 0.2) is 6.10 Å². The Bertz CT molecular complexity index is 785. The molecule has 148 valence electrons. The van der Waals surface area contributed by atoms with Gasteiger partial charge in [-0.1, -0.05) is 48.5 Å². The summed E-state index contributed by atoms with van der Waals surface area (Å²) in [5.74, 6) is -0.753. The van der Waals surface area contributed by atoms with Crippen molar-refractivity contribution in [2.24, 2.45) is 5.73 Å². The van der Waals surface area contributed by atoms with Crippen LogP contribution in [0, 0.1) is 0 Å². The van der Waals surface area contributed by atoms with Crippen molar-refractivity contribution < 1.29 is 19.2 Å². The lowest BCUT2D eigenvalue weighted by atomic mass is 10.1. The molecule has 0 spiro atoms. The summed E-state index contributed by atoms with van der Waals surface area (Å²) in [6, 6.07) is 18.2. The number of anilines is 1. The zero-order valence-corrected chi connectivity index (χ0v) is 15.8. The number of hydrogen-bond acceptors (Lipinski definition) is 6. The van der Waals surface area contributed by atoms with Gasteiger partial charge in [-0.3, -0.25) is 9.63 Å². The molecule has 2 aromatic rings. The maximum absolute atomic E-state index is 12.6. The molecule has 7 nitrogen and oxygen atoms in total. The number of carbonyl (C=O) groups excluding carboxylic acids is 2. The average molecular weight is 383 g/mol. The summed E-state index contributed by atoms with van der Waals surface area (Å²) in [6.45, 7) is 2.01. The fraction of sp³-hybridized carbons (Fsp3) is 0.333. The average Bonchev–Trinajstić information content (AvgIpc) is 3.13. The Morgan fingerprint density at radius 1 is 1.18 bits per heavy atom. The van der Waals surface area contributed by atoms with Crippen molar-refractivity contribution in [1.29, 1.82) is 0 Å². The van der Waals surface area contributed by atoms with Gasteiger partial charge in [0.05, 0.1) is 18.3 Å². The van der Waals surface area contributed by atoms with Crippen LogP contribution in [-0.2, 0) is 25.6 Å². The first-order valence-electron chi connectivity index (χ1n) is 9.36. The first-order chi connectivity index (χ1) is 13.6.